The molecule has 3 aliphatic rings. The second kappa shape index (κ2) is 4.42. The summed E-state index contributed by atoms with van der Waals surface area (Å²) in [6.45, 7) is 19.5. The number of hydrogen-bond acceptors (Lipinski definition) is 0. The zero-order valence-electron chi connectivity index (χ0n) is 14.5. The lowest BCUT2D eigenvalue weighted by molar-refractivity contribution is 0.0199. The summed E-state index contributed by atoms with van der Waals surface area (Å²) >= 11 is 0. The largest absolute Gasteiger partial charge is 0.110 e. The van der Waals surface area contributed by atoms with Crippen LogP contribution in [-0.2, 0) is 0 Å². The molecule has 0 aliphatic heterocycles. The zero-order chi connectivity index (χ0) is 14.9. The van der Waals surface area contributed by atoms with Crippen LogP contribution in [0.5, 0.6) is 0 Å². The van der Waals surface area contributed by atoms with Gasteiger partial charge in [-0.15, -0.1) is 0 Å². The van der Waals surface area contributed by atoms with E-state index in [0.29, 0.717) is 5.92 Å². The molecular formula is C20H31+. The van der Waals surface area contributed by atoms with E-state index in [4.69, 9.17) is 0 Å². The monoisotopic (exact) mass is 271 g/mol. The molecule has 0 amide bonds. The van der Waals surface area contributed by atoms with Crippen LogP contribution in [0.3, 0.4) is 0 Å². The summed E-state index contributed by atoms with van der Waals surface area (Å²) in [5, 5.41) is 0. The molecule has 2 saturated carbocycles. The smallest absolute Gasteiger partial charge is 0.0620 e. The summed E-state index contributed by atoms with van der Waals surface area (Å²) in [5.74, 6) is 7.36. The summed E-state index contributed by atoms with van der Waals surface area (Å²) in [6.07, 6.45) is 0. The molecule has 0 heterocycles. The molecule has 0 saturated heterocycles. The van der Waals surface area contributed by atoms with Crippen LogP contribution in [0.2, 0.25) is 0 Å². The molecule has 2 fully saturated rings. The third-order valence-electron chi connectivity index (χ3n) is 7.68. The fourth-order valence-electron chi connectivity index (χ4n) is 5.44. The van der Waals surface area contributed by atoms with Crippen molar-refractivity contribution < 1.29 is 0 Å². The van der Waals surface area contributed by atoms with Gasteiger partial charge in [0.1, 0.15) is 5.57 Å². The first kappa shape index (κ1) is 14.3. The molecular weight excluding hydrogens is 240 g/mol. The minimum absolute atomic E-state index is 0.659. The Bertz CT molecular complexity index is 446. The summed E-state index contributed by atoms with van der Waals surface area (Å²) in [5.41, 5.74) is 6.82. The summed E-state index contributed by atoms with van der Waals surface area (Å²) in [4.78, 5) is 0. The van der Waals surface area contributed by atoms with Gasteiger partial charge in [0.2, 0.25) is 0 Å². The molecule has 0 aromatic heterocycles. The van der Waals surface area contributed by atoms with Crippen LogP contribution in [0.25, 0.3) is 0 Å². The molecule has 0 heteroatoms. The van der Waals surface area contributed by atoms with Crippen molar-refractivity contribution in [3.63, 3.8) is 0 Å². The van der Waals surface area contributed by atoms with Gasteiger partial charge in [-0.25, -0.2) is 0 Å². The van der Waals surface area contributed by atoms with Crippen molar-refractivity contribution in [2.75, 3.05) is 0 Å². The van der Waals surface area contributed by atoms with E-state index in [0.717, 1.165) is 35.5 Å². The lowest BCUT2D eigenvalue weighted by Gasteiger charge is -2.55. The molecule has 0 N–H and O–H groups in total. The molecule has 0 radical (unpaired) electrons. The maximum absolute atomic E-state index is 2.51. The Balaban J connectivity index is 2.10. The normalized spacial score (nSPS) is 48.0. The minimum Gasteiger partial charge on any atom is -0.0620 e. The van der Waals surface area contributed by atoms with E-state index in [-0.39, 0.29) is 0 Å². The zero-order valence-corrected chi connectivity index (χ0v) is 14.5. The molecule has 7 atom stereocenters. The Morgan fingerprint density at radius 3 is 1.65 bits per heavy atom. The average molecular weight is 271 g/mol. The Morgan fingerprint density at radius 2 is 1.15 bits per heavy atom. The third-order valence-corrected chi connectivity index (χ3v) is 7.68. The van der Waals surface area contributed by atoms with Crippen molar-refractivity contribution >= 4 is 0 Å². The van der Waals surface area contributed by atoms with E-state index in [1.807, 2.05) is 0 Å². The van der Waals surface area contributed by atoms with Crippen LogP contribution >= 0.6 is 0 Å². The van der Waals surface area contributed by atoms with Gasteiger partial charge in [-0.3, -0.25) is 0 Å². The fourth-order valence-corrected chi connectivity index (χ4v) is 5.44. The molecule has 0 spiro atoms. The molecule has 3 aliphatic carbocycles. The van der Waals surface area contributed by atoms with Gasteiger partial charge in [0.15, 0.2) is 0 Å². The van der Waals surface area contributed by atoms with Gasteiger partial charge in [0.25, 0.3) is 0 Å². The van der Waals surface area contributed by atoms with Gasteiger partial charge in [-0.2, -0.15) is 0 Å². The van der Waals surface area contributed by atoms with Crippen molar-refractivity contribution in [2.45, 2.75) is 55.4 Å². The highest BCUT2D eigenvalue weighted by Gasteiger charge is 2.61. The first-order valence-corrected chi connectivity index (χ1v) is 8.54. The van der Waals surface area contributed by atoms with E-state index in [2.05, 4.69) is 55.4 Å². The van der Waals surface area contributed by atoms with Gasteiger partial charge < -0.3 is 0 Å². The Labute approximate surface area is 125 Å². The first-order valence-electron chi connectivity index (χ1n) is 8.54. The van der Waals surface area contributed by atoms with Gasteiger partial charge in [0.05, 0.1) is 23.3 Å². The molecule has 20 heavy (non-hydrogen) atoms. The number of hydrogen-bond donors (Lipinski definition) is 0. The predicted molar refractivity (Wildman–Crippen MR) is 87.1 cm³/mol. The van der Waals surface area contributed by atoms with Crippen LogP contribution in [0, 0.1) is 47.3 Å². The van der Waals surface area contributed by atoms with Gasteiger partial charge in [-0.1, -0.05) is 27.7 Å². The summed E-state index contributed by atoms with van der Waals surface area (Å²) in [6, 6.07) is 0. The van der Waals surface area contributed by atoms with Crippen LogP contribution in [-0.4, -0.2) is 0 Å². The molecule has 110 valence electrons. The van der Waals surface area contributed by atoms with Crippen molar-refractivity contribution in [1.29, 1.82) is 0 Å². The van der Waals surface area contributed by atoms with Crippen LogP contribution in [0.1, 0.15) is 55.4 Å². The Kier molecular flexibility index (Phi) is 3.16. The summed E-state index contributed by atoms with van der Waals surface area (Å²) in [7, 11) is 0. The standard InChI is InChI=1S/C20H31/c1-9-10(2)14(6)18-17(13(9)5)19-15(7)11(3)12(4)16(8)20(18)19/h9-11,13-14,17-18H,1-8H3/q+1. The van der Waals surface area contributed by atoms with Crippen molar-refractivity contribution in [2.24, 2.45) is 41.4 Å². The molecule has 3 rings (SSSR count). The molecule has 0 aromatic rings. The lowest BCUT2D eigenvalue weighted by Crippen LogP contribution is -2.52. The number of rotatable bonds is 0. The number of fused-ring (bicyclic) bond motifs is 4. The van der Waals surface area contributed by atoms with E-state index >= 15 is 0 Å². The molecule has 7 unspecified atom stereocenters. The highest BCUT2D eigenvalue weighted by Crippen LogP contribution is 2.65. The Hall–Kier alpha value is -0.650. The van der Waals surface area contributed by atoms with Gasteiger partial charge in [0, 0.05) is 18.4 Å². The van der Waals surface area contributed by atoms with Crippen molar-refractivity contribution in [3.8, 4) is 0 Å². The molecule has 0 bridgehead atoms. The van der Waals surface area contributed by atoms with E-state index < -0.39 is 0 Å². The van der Waals surface area contributed by atoms with E-state index in [1.54, 1.807) is 28.2 Å². The van der Waals surface area contributed by atoms with Crippen LogP contribution < -0.4 is 0 Å². The quantitative estimate of drug-likeness (QED) is 0.498. The molecule has 0 nitrogen and oxygen atoms in total. The third kappa shape index (κ3) is 1.51. The maximum atomic E-state index is 2.51. The predicted octanol–water partition coefficient (Wildman–Crippen LogP) is 5.67. The van der Waals surface area contributed by atoms with E-state index in [9.17, 15) is 0 Å². The SMILES string of the molecule is CC1=C2C(=C(C)C(C)[C+]1C)C1C(C)C(C)C(C)C(C)C21. The minimum atomic E-state index is 0.659. The highest BCUT2D eigenvalue weighted by molar-refractivity contribution is 5.60. The highest BCUT2D eigenvalue weighted by atomic mass is 14.6. The summed E-state index contributed by atoms with van der Waals surface area (Å²) < 4.78 is 0. The van der Waals surface area contributed by atoms with Crippen molar-refractivity contribution in [1.82, 2.24) is 0 Å². The molecule has 0 aromatic carbocycles. The topological polar surface area (TPSA) is 0 Å². The average Bonchev–Trinajstić information content (AvgIpc) is 2.39. The fraction of sp³-hybridized carbons (Fsp3) is 0.750. The second-order valence-electron chi connectivity index (χ2n) is 8.03. The van der Waals surface area contributed by atoms with Gasteiger partial charge >= 0.3 is 0 Å². The van der Waals surface area contributed by atoms with E-state index in [1.165, 1.54) is 0 Å². The first-order chi connectivity index (χ1) is 9.29. The lowest BCUT2D eigenvalue weighted by atomic mass is 9.44. The van der Waals surface area contributed by atoms with Crippen molar-refractivity contribution in [3.05, 3.63) is 28.2 Å². The van der Waals surface area contributed by atoms with Crippen LogP contribution in [0.15, 0.2) is 22.3 Å². The second-order valence-corrected chi connectivity index (χ2v) is 8.03. The van der Waals surface area contributed by atoms with Crippen LogP contribution in [0.4, 0.5) is 0 Å². The Morgan fingerprint density at radius 1 is 0.700 bits per heavy atom. The van der Waals surface area contributed by atoms with Gasteiger partial charge in [-0.05, 0) is 50.0 Å². The number of allylic oxidation sites excluding steroid dienone is 4. The maximum Gasteiger partial charge on any atom is 0.110 e.